The zero-order valence-corrected chi connectivity index (χ0v) is 16.4. The van der Waals surface area contributed by atoms with Crippen LogP contribution in [-0.4, -0.2) is 55.6 Å². The van der Waals surface area contributed by atoms with Gasteiger partial charge < -0.3 is 15.0 Å². The first-order valence-corrected chi connectivity index (χ1v) is 9.23. The number of amides is 1. The molecule has 0 atom stereocenters. The summed E-state index contributed by atoms with van der Waals surface area (Å²) in [4.78, 5) is 27.2. The van der Waals surface area contributed by atoms with Crippen LogP contribution in [-0.2, 0) is 4.79 Å². The molecule has 8 nitrogen and oxygen atoms in total. The van der Waals surface area contributed by atoms with E-state index in [0.717, 1.165) is 18.8 Å². The smallest absolute Gasteiger partial charge is 0.311 e. The van der Waals surface area contributed by atoms with Crippen LogP contribution in [0, 0.1) is 22.9 Å². The van der Waals surface area contributed by atoms with Crippen LogP contribution in [0.4, 0.5) is 21.5 Å². The molecule has 1 heterocycles. The summed E-state index contributed by atoms with van der Waals surface area (Å²) in [5.41, 5.74) is 1.90. The highest BCUT2D eigenvalue weighted by Crippen LogP contribution is 2.32. The van der Waals surface area contributed by atoms with Crippen molar-refractivity contribution in [1.29, 1.82) is 0 Å². The van der Waals surface area contributed by atoms with Crippen molar-refractivity contribution in [2.75, 3.05) is 50.1 Å². The van der Waals surface area contributed by atoms with Crippen molar-refractivity contribution in [2.45, 2.75) is 6.92 Å². The van der Waals surface area contributed by atoms with Crippen LogP contribution in [0.1, 0.15) is 5.56 Å². The topological polar surface area (TPSA) is 88.0 Å². The maximum absolute atomic E-state index is 13.1. The predicted octanol–water partition coefficient (Wildman–Crippen LogP) is 2.81. The molecule has 1 saturated heterocycles. The summed E-state index contributed by atoms with van der Waals surface area (Å²) in [6.45, 7) is 4.80. The fraction of sp³-hybridized carbons (Fsp3) is 0.350. The van der Waals surface area contributed by atoms with Crippen molar-refractivity contribution in [2.24, 2.45) is 0 Å². The fourth-order valence-corrected chi connectivity index (χ4v) is 3.32. The molecule has 0 spiro atoms. The number of carbonyl (C=O) groups excluding carboxylic acids is 1. The van der Waals surface area contributed by atoms with Crippen molar-refractivity contribution in [1.82, 2.24) is 4.90 Å². The van der Waals surface area contributed by atoms with Gasteiger partial charge in [-0.25, -0.2) is 4.39 Å². The maximum Gasteiger partial charge on any atom is 0.311 e. The van der Waals surface area contributed by atoms with E-state index in [1.807, 2.05) is 4.90 Å². The molecule has 3 rings (SSSR count). The van der Waals surface area contributed by atoms with E-state index in [9.17, 15) is 19.3 Å². The third kappa shape index (κ3) is 5.00. The van der Waals surface area contributed by atoms with Gasteiger partial charge in [0.1, 0.15) is 5.82 Å². The van der Waals surface area contributed by atoms with Gasteiger partial charge in [0.05, 0.1) is 18.6 Å². The van der Waals surface area contributed by atoms with Crippen molar-refractivity contribution in [3.63, 3.8) is 0 Å². The molecule has 0 saturated carbocycles. The summed E-state index contributed by atoms with van der Waals surface area (Å²) in [5, 5.41) is 13.9. The molecule has 1 amide bonds. The average molecular weight is 402 g/mol. The molecule has 0 bridgehead atoms. The van der Waals surface area contributed by atoms with E-state index in [4.69, 9.17) is 4.74 Å². The Morgan fingerprint density at radius 1 is 1.21 bits per heavy atom. The van der Waals surface area contributed by atoms with Gasteiger partial charge in [-0.1, -0.05) is 0 Å². The normalized spacial score (nSPS) is 14.5. The summed E-state index contributed by atoms with van der Waals surface area (Å²) >= 11 is 0. The number of piperazine rings is 1. The van der Waals surface area contributed by atoms with Crippen LogP contribution in [0.25, 0.3) is 0 Å². The lowest BCUT2D eigenvalue weighted by molar-refractivity contribution is -0.385. The van der Waals surface area contributed by atoms with Crippen LogP contribution in [0.15, 0.2) is 36.4 Å². The molecule has 1 N–H and O–H groups in total. The molecule has 2 aromatic carbocycles. The van der Waals surface area contributed by atoms with Gasteiger partial charge in [-0.2, -0.15) is 0 Å². The number of halogens is 1. The molecule has 1 aliphatic heterocycles. The molecule has 29 heavy (non-hydrogen) atoms. The molecule has 0 unspecified atom stereocenters. The molecule has 0 aromatic heterocycles. The number of benzene rings is 2. The third-order valence-electron chi connectivity index (χ3n) is 4.93. The Balaban J connectivity index is 1.56. The molecule has 0 aliphatic carbocycles. The number of nitrogens with zero attached hydrogens (tertiary/aromatic N) is 3. The molecule has 9 heteroatoms. The number of rotatable bonds is 6. The Hall–Kier alpha value is -3.20. The number of hydrogen-bond acceptors (Lipinski definition) is 6. The fourth-order valence-electron chi connectivity index (χ4n) is 3.32. The Kier molecular flexibility index (Phi) is 6.28. The van der Waals surface area contributed by atoms with Gasteiger partial charge in [0, 0.05) is 49.7 Å². The van der Waals surface area contributed by atoms with E-state index in [-0.39, 0.29) is 29.7 Å². The highest BCUT2D eigenvalue weighted by Gasteiger charge is 2.21. The van der Waals surface area contributed by atoms with E-state index in [2.05, 4.69) is 10.2 Å². The lowest BCUT2D eigenvalue weighted by atomic mass is 10.1. The molecule has 1 fully saturated rings. The van der Waals surface area contributed by atoms with Gasteiger partial charge in [-0.15, -0.1) is 0 Å². The zero-order valence-electron chi connectivity index (χ0n) is 16.4. The van der Waals surface area contributed by atoms with Gasteiger partial charge in [-0.05, 0) is 36.8 Å². The van der Waals surface area contributed by atoms with Crippen molar-refractivity contribution >= 4 is 23.0 Å². The van der Waals surface area contributed by atoms with Gasteiger partial charge >= 0.3 is 5.69 Å². The van der Waals surface area contributed by atoms with Gasteiger partial charge in [-0.3, -0.25) is 19.8 Å². The van der Waals surface area contributed by atoms with Crippen molar-refractivity contribution in [3.05, 3.63) is 57.9 Å². The highest BCUT2D eigenvalue weighted by atomic mass is 19.1. The SMILES string of the molecule is COc1cc(NC(=O)CN2CCN(c3ccc(F)cc3)CC2)c(C)cc1[N+](=O)[O-]. The minimum absolute atomic E-state index is 0.101. The first kappa shape index (κ1) is 20.5. The lowest BCUT2D eigenvalue weighted by Gasteiger charge is -2.35. The number of aryl methyl sites for hydroxylation is 1. The third-order valence-corrected chi connectivity index (χ3v) is 4.93. The number of nitro benzene ring substituents is 1. The number of ether oxygens (including phenoxy) is 1. The number of carbonyl (C=O) groups is 1. The zero-order chi connectivity index (χ0) is 21.0. The lowest BCUT2D eigenvalue weighted by Crippen LogP contribution is -2.48. The van der Waals surface area contributed by atoms with E-state index in [1.165, 1.54) is 31.4 Å². The molecule has 154 valence electrons. The predicted molar refractivity (Wildman–Crippen MR) is 108 cm³/mol. The minimum atomic E-state index is -0.516. The summed E-state index contributed by atoms with van der Waals surface area (Å²) in [7, 11) is 1.35. The molecule has 1 aliphatic rings. The Labute approximate surface area is 168 Å². The molecule has 2 aromatic rings. The summed E-state index contributed by atoms with van der Waals surface area (Å²) in [5.74, 6) is -0.356. The van der Waals surface area contributed by atoms with Crippen LogP contribution in [0.2, 0.25) is 0 Å². The Bertz CT molecular complexity index is 896. The summed E-state index contributed by atoms with van der Waals surface area (Å²) in [6, 6.07) is 9.24. The van der Waals surface area contributed by atoms with Crippen LogP contribution < -0.4 is 15.0 Å². The monoisotopic (exact) mass is 402 g/mol. The Morgan fingerprint density at radius 2 is 1.86 bits per heavy atom. The van der Waals surface area contributed by atoms with E-state index >= 15 is 0 Å². The second kappa shape index (κ2) is 8.87. The molecule has 0 radical (unpaired) electrons. The van der Waals surface area contributed by atoms with Crippen LogP contribution in [0.5, 0.6) is 5.75 Å². The highest BCUT2D eigenvalue weighted by molar-refractivity contribution is 5.93. The minimum Gasteiger partial charge on any atom is -0.490 e. The van der Waals surface area contributed by atoms with Crippen LogP contribution in [0.3, 0.4) is 0 Å². The number of nitrogens with one attached hydrogen (secondary N) is 1. The van der Waals surface area contributed by atoms with Gasteiger partial charge in [0.25, 0.3) is 0 Å². The summed E-state index contributed by atoms with van der Waals surface area (Å²) < 4.78 is 18.1. The Morgan fingerprint density at radius 3 is 2.45 bits per heavy atom. The molecular weight excluding hydrogens is 379 g/mol. The van der Waals surface area contributed by atoms with Gasteiger partial charge in [0.15, 0.2) is 5.75 Å². The van der Waals surface area contributed by atoms with Crippen molar-refractivity contribution < 1.29 is 18.8 Å². The molecular formula is C20H23FN4O4. The van der Waals surface area contributed by atoms with Crippen LogP contribution >= 0.6 is 0 Å². The number of nitro groups is 1. The number of methoxy groups -OCH3 is 1. The first-order valence-electron chi connectivity index (χ1n) is 9.23. The largest absolute Gasteiger partial charge is 0.490 e. The van der Waals surface area contributed by atoms with E-state index in [0.29, 0.717) is 24.3 Å². The first-order chi connectivity index (χ1) is 13.9. The maximum atomic E-state index is 13.1. The van der Waals surface area contributed by atoms with Gasteiger partial charge in [0.2, 0.25) is 5.91 Å². The second-order valence-electron chi connectivity index (χ2n) is 6.88. The van der Waals surface area contributed by atoms with E-state index in [1.54, 1.807) is 19.1 Å². The summed E-state index contributed by atoms with van der Waals surface area (Å²) in [6.07, 6.45) is 0. The quantitative estimate of drug-likeness (QED) is 0.591. The second-order valence-corrected chi connectivity index (χ2v) is 6.88. The standard InChI is InChI=1S/C20H23FN4O4/c1-14-11-18(25(27)28)19(29-2)12-17(14)22-20(26)13-23-7-9-24(10-8-23)16-5-3-15(21)4-6-16/h3-6,11-12H,7-10,13H2,1-2H3,(H,22,26). The van der Waals surface area contributed by atoms with E-state index < -0.39 is 4.92 Å². The van der Waals surface area contributed by atoms with Crippen molar-refractivity contribution in [3.8, 4) is 5.75 Å². The average Bonchev–Trinajstić information content (AvgIpc) is 2.70. The number of hydrogen-bond donors (Lipinski definition) is 1. The number of anilines is 2.